The lowest BCUT2D eigenvalue weighted by Crippen LogP contribution is -2.49. The lowest BCUT2D eigenvalue weighted by Gasteiger charge is -2.56. The maximum absolute atomic E-state index is 3.87. The van der Waals surface area contributed by atoms with Crippen molar-refractivity contribution in [1.82, 2.24) is 5.32 Å². The molecule has 0 aromatic heterocycles. The topological polar surface area (TPSA) is 12.0 Å². The summed E-state index contributed by atoms with van der Waals surface area (Å²) in [6.07, 6.45) is 7.63. The van der Waals surface area contributed by atoms with Gasteiger partial charge in [-0.3, -0.25) is 0 Å². The van der Waals surface area contributed by atoms with Gasteiger partial charge in [-0.15, -0.1) is 0 Å². The van der Waals surface area contributed by atoms with E-state index in [-0.39, 0.29) is 0 Å². The van der Waals surface area contributed by atoms with Crippen LogP contribution in [0.1, 0.15) is 56.2 Å². The van der Waals surface area contributed by atoms with Gasteiger partial charge in [-0.1, -0.05) is 31.2 Å². The molecule has 4 bridgehead atoms. The van der Waals surface area contributed by atoms with Gasteiger partial charge in [-0.2, -0.15) is 0 Å². The number of benzene rings is 1. The Bertz CT molecular complexity index is 478. The fraction of sp³-hybridized carbons (Fsp3) is 0.700. The molecular weight excluding hydrogens is 254 g/mol. The van der Waals surface area contributed by atoms with Crippen LogP contribution in [0.15, 0.2) is 24.3 Å². The van der Waals surface area contributed by atoms with E-state index >= 15 is 0 Å². The first-order valence-corrected chi connectivity index (χ1v) is 9.05. The third-order valence-corrected chi connectivity index (χ3v) is 6.63. The van der Waals surface area contributed by atoms with Crippen LogP contribution in [0.2, 0.25) is 0 Å². The smallest absolute Gasteiger partial charge is 0.0356 e. The molecule has 0 radical (unpaired) electrons. The molecule has 1 atom stereocenters. The Labute approximate surface area is 129 Å². The highest BCUT2D eigenvalue weighted by Crippen LogP contribution is 2.59. The maximum Gasteiger partial charge on any atom is 0.0356 e. The van der Waals surface area contributed by atoms with Crippen LogP contribution in [0.25, 0.3) is 0 Å². The summed E-state index contributed by atoms with van der Waals surface area (Å²) in [6.45, 7) is 5.64. The van der Waals surface area contributed by atoms with Gasteiger partial charge in [0.15, 0.2) is 0 Å². The highest BCUT2D eigenvalue weighted by molar-refractivity contribution is 5.30. The van der Waals surface area contributed by atoms with Crippen molar-refractivity contribution in [2.75, 3.05) is 6.54 Å². The second-order valence-corrected chi connectivity index (χ2v) is 7.90. The zero-order chi connectivity index (χ0) is 14.4. The van der Waals surface area contributed by atoms with Gasteiger partial charge >= 0.3 is 0 Å². The molecule has 1 aromatic carbocycles. The molecule has 0 amide bonds. The molecule has 0 heterocycles. The first-order chi connectivity index (χ1) is 10.3. The molecule has 4 fully saturated rings. The summed E-state index contributed by atoms with van der Waals surface area (Å²) in [5, 5.41) is 3.87. The standard InChI is InChI=1S/C20H29N/c1-3-21-20(18-7-5-4-6-13(18)2)19-16-9-14-8-15(11-16)12-17(19)10-14/h4-7,14-17,19-21H,3,8-12H2,1-2H3. The summed E-state index contributed by atoms with van der Waals surface area (Å²) < 4.78 is 0. The molecule has 1 N–H and O–H groups in total. The number of hydrogen-bond acceptors (Lipinski definition) is 1. The Balaban J connectivity index is 1.67. The zero-order valence-electron chi connectivity index (χ0n) is 13.5. The summed E-state index contributed by atoms with van der Waals surface area (Å²) >= 11 is 0. The first kappa shape index (κ1) is 13.8. The molecule has 21 heavy (non-hydrogen) atoms. The van der Waals surface area contributed by atoms with E-state index in [0.29, 0.717) is 6.04 Å². The van der Waals surface area contributed by atoms with Gasteiger partial charge in [0.25, 0.3) is 0 Å². The number of aryl methyl sites for hydroxylation is 1. The predicted octanol–water partition coefficient (Wildman–Crippen LogP) is 4.72. The third-order valence-electron chi connectivity index (χ3n) is 6.63. The highest BCUT2D eigenvalue weighted by Gasteiger charge is 2.50. The molecule has 4 aliphatic rings. The van der Waals surface area contributed by atoms with Crippen LogP contribution in [0.5, 0.6) is 0 Å². The van der Waals surface area contributed by atoms with Crippen molar-refractivity contribution in [3.63, 3.8) is 0 Å². The van der Waals surface area contributed by atoms with Crippen LogP contribution in [0, 0.1) is 36.5 Å². The first-order valence-electron chi connectivity index (χ1n) is 9.05. The molecule has 4 saturated carbocycles. The van der Waals surface area contributed by atoms with Crippen LogP contribution >= 0.6 is 0 Å². The highest BCUT2D eigenvalue weighted by atomic mass is 14.9. The Morgan fingerprint density at radius 3 is 2.19 bits per heavy atom. The summed E-state index contributed by atoms with van der Waals surface area (Å²) in [7, 11) is 0. The van der Waals surface area contributed by atoms with Gasteiger partial charge in [-0.05, 0) is 86.3 Å². The second kappa shape index (κ2) is 5.43. The fourth-order valence-corrected chi connectivity index (χ4v) is 6.12. The van der Waals surface area contributed by atoms with Crippen molar-refractivity contribution < 1.29 is 0 Å². The van der Waals surface area contributed by atoms with E-state index in [0.717, 1.165) is 36.1 Å². The van der Waals surface area contributed by atoms with Crippen molar-refractivity contribution in [3.05, 3.63) is 35.4 Å². The van der Waals surface area contributed by atoms with Crippen molar-refractivity contribution in [3.8, 4) is 0 Å². The summed E-state index contributed by atoms with van der Waals surface area (Å²) in [5.41, 5.74) is 3.04. The van der Waals surface area contributed by atoms with E-state index in [1.54, 1.807) is 12.0 Å². The van der Waals surface area contributed by atoms with Gasteiger partial charge in [0.05, 0.1) is 0 Å². The van der Waals surface area contributed by atoms with E-state index in [9.17, 15) is 0 Å². The Hall–Kier alpha value is -0.820. The molecule has 4 aliphatic carbocycles. The monoisotopic (exact) mass is 283 g/mol. The number of nitrogens with one attached hydrogen (secondary N) is 1. The van der Waals surface area contributed by atoms with E-state index in [1.807, 2.05) is 0 Å². The molecule has 1 heteroatoms. The van der Waals surface area contributed by atoms with Crippen molar-refractivity contribution in [2.24, 2.45) is 29.6 Å². The van der Waals surface area contributed by atoms with Crippen LogP contribution in [0.4, 0.5) is 0 Å². The van der Waals surface area contributed by atoms with Crippen molar-refractivity contribution in [2.45, 2.75) is 52.0 Å². The molecule has 1 unspecified atom stereocenters. The average molecular weight is 283 g/mol. The van der Waals surface area contributed by atoms with E-state index in [4.69, 9.17) is 0 Å². The molecule has 0 aliphatic heterocycles. The molecule has 1 nitrogen and oxygen atoms in total. The number of rotatable bonds is 4. The van der Waals surface area contributed by atoms with Crippen LogP contribution in [-0.2, 0) is 0 Å². The SMILES string of the molecule is CCNC(c1ccccc1C)C1C2CC3CC(C2)CC1C3. The van der Waals surface area contributed by atoms with Gasteiger partial charge in [0.2, 0.25) is 0 Å². The van der Waals surface area contributed by atoms with Crippen LogP contribution < -0.4 is 5.32 Å². The lowest BCUT2D eigenvalue weighted by molar-refractivity contribution is -0.0523. The quantitative estimate of drug-likeness (QED) is 0.843. The Kier molecular flexibility index (Phi) is 3.57. The van der Waals surface area contributed by atoms with Gasteiger partial charge in [0, 0.05) is 6.04 Å². The normalized spacial score (nSPS) is 38.7. The number of hydrogen-bond donors (Lipinski definition) is 1. The van der Waals surface area contributed by atoms with E-state index in [1.165, 1.54) is 31.2 Å². The van der Waals surface area contributed by atoms with Gasteiger partial charge in [0.1, 0.15) is 0 Å². The predicted molar refractivity (Wildman–Crippen MR) is 88.1 cm³/mol. The summed E-state index contributed by atoms with van der Waals surface area (Å²) in [6, 6.07) is 9.65. The van der Waals surface area contributed by atoms with E-state index < -0.39 is 0 Å². The minimum atomic E-state index is 0.589. The minimum absolute atomic E-state index is 0.589. The minimum Gasteiger partial charge on any atom is -0.310 e. The lowest BCUT2D eigenvalue weighted by atomic mass is 9.50. The summed E-state index contributed by atoms with van der Waals surface area (Å²) in [4.78, 5) is 0. The average Bonchev–Trinajstić information content (AvgIpc) is 2.46. The molecule has 1 aromatic rings. The molecule has 114 valence electrons. The summed E-state index contributed by atoms with van der Waals surface area (Å²) in [5.74, 6) is 5.01. The largest absolute Gasteiger partial charge is 0.310 e. The maximum atomic E-state index is 3.87. The molecule has 0 saturated heterocycles. The molecule has 0 spiro atoms. The van der Waals surface area contributed by atoms with E-state index in [2.05, 4.69) is 43.4 Å². The van der Waals surface area contributed by atoms with Crippen molar-refractivity contribution >= 4 is 0 Å². The van der Waals surface area contributed by atoms with Crippen LogP contribution in [-0.4, -0.2) is 6.54 Å². The molecular formula is C20H29N. The van der Waals surface area contributed by atoms with Gasteiger partial charge in [-0.25, -0.2) is 0 Å². The van der Waals surface area contributed by atoms with Crippen molar-refractivity contribution in [1.29, 1.82) is 0 Å². The Morgan fingerprint density at radius 2 is 1.62 bits per heavy atom. The van der Waals surface area contributed by atoms with Crippen LogP contribution in [0.3, 0.4) is 0 Å². The zero-order valence-corrected chi connectivity index (χ0v) is 13.5. The fourth-order valence-electron chi connectivity index (χ4n) is 6.12. The van der Waals surface area contributed by atoms with Gasteiger partial charge < -0.3 is 5.32 Å². The molecule has 5 rings (SSSR count). The second-order valence-electron chi connectivity index (χ2n) is 7.90. The third kappa shape index (κ3) is 2.34. The Morgan fingerprint density at radius 1 is 1.00 bits per heavy atom.